The van der Waals surface area contributed by atoms with Crippen molar-refractivity contribution in [2.45, 2.75) is 57.2 Å². The second-order valence-corrected chi connectivity index (χ2v) is 9.39. The van der Waals surface area contributed by atoms with Crippen molar-refractivity contribution in [3.8, 4) is 28.6 Å². The number of hydrogen-bond donors (Lipinski definition) is 0. The van der Waals surface area contributed by atoms with Gasteiger partial charge in [0.2, 0.25) is 5.76 Å². The summed E-state index contributed by atoms with van der Waals surface area (Å²) in [6.45, 7) is 0.0890. The number of rotatable bonds is 11. The van der Waals surface area contributed by atoms with Gasteiger partial charge >= 0.3 is 5.97 Å². The van der Waals surface area contributed by atoms with E-state index in [9.17, 15) is 9.18 Å². The molecular formula is C28H30FNO6. The molecular weight excluding hydrogens is 465 g/mol. The van der Waals surface area contributed by atoms with Crippen LogP contribution >= 0.6 is 0 Å². The zero-order valence-electron chi connectivity index (χ0n) is 20.5. The molecule has 36 heavy (non-hydrogen) atoms. The van der Waals surface area contributed by atoms with Crippen molar-refractivity contribution in [1.82, 2.24) is 5.16 Å². The fourth-order valence-corrected chi connectivity index (χ4v) is 4.47. The van der Waals surface area contributed by atoms with Crippen LogP contribution in [0.2, 0.25) is 0 Å². The normalized spacial score (nSPS) is 16.2. The van der Waals surface area contributed by atoms with E-state index in [1.807, 2.05) is 24.3 Å². The van der Waals surface area contributed by atoms with E-state index in [0.717, 1.165) is 37.7 Å². The molecule has 190 valence electrons. The number of nitrogens with zero attached hydrogens (tertiary/aromatic N) is 1. The van der Waals surface area contributed by atoms with E-state index in [2.05, 4.69) is 5.16 Å². The van der Waals surface area contributed by atoms with Gasteiger partial charge in [0.1, 0.15) is 23.9 Å². The van der Waals surface area contributed by atoms with Crippen LogP contribution in [0.3, 0.4) is 0 Å². The van der Waals surface area contributed by atoms with Crippen LogP contribution in [0.1, 0.15) is 55.7 Å². The summed E-state index contributed by atoms with van der Waals surface area (Å²) >= 11 is 0. The highest BCUT2D eigenvalue weighted by molar-refractivity contribution is 5.70. The average Bonchev–Trinajstić information content (AvgIpc) is 3.64. The summed E-state index contributed by atoms with van der Waals surface area (Å²) in [6, 6.07) is 12.2. The molecule has 0 saturated heterocycles. The Morgan fingerprint density at radius 3 is 2.64 bits per heavy atom. The third-order valence-electron chi connectivity index (χ3n) is 6.94. The fraction of sp³-hybridized carbons (Fsp3) is 0.429. The summed E-state index contributed by atoms with van der Waals surface area (Å²) in [4.78, 5) is 11.9. The molecule has 2 aliphatic carbocycles. The SMILES string of the molecule is COC(=O)CC(c1cccc(OCc2noc(-c3cc(OC)ccc3F)c2OC2CCC2)c1)C1CC1. The first-order chi connectivity index (χ1) is 17.6. The lowest BCUT2D eigenvalue weighted by atomic mass is 9.91. The number of benzene rings is 2. The van der Waals surface area contributed by atoms with Gasteiger partial charge in [-0.3, -0.25) is 4.79 Å². The van der Waals surface area contributed by atoms with E-state index in [0.29, 0.717) is 35.3 Å². The smallest absolute Gasteiger partial charge is 0.306 e. The zero-order chi connectivity index (χ0) is 25.1. The van der Waals surface area contributed by atoms with E-state index in [4.69, 9.17) is 23.5 Å². The quantitative estimate of drug-likeness (QED) is 0.299. The van der Waals surface area contributed by atoms with Crippen molar-refractivity contribution in [2.24, 2.45) is 5.92 Å². The monoisotopic (exact) mass is 495 g/mol. The van der Waals surface area contributed by atoms with Crippen molar-refractivity contribution in [1.29, 1.82) is 0 Å². The van der Waals surface area contributed by atoms with Crippen LogP contribution in [0.25, 0.3) is 11.3 Å². The molecule has 7 nitrogen and oxygen atoms in total. The first-order valence-corrected chi connectivity index (χ1v) is 12.3. The fourth-order valence-electron chi connectivity index (χ4n) is 4.47. The highest BCUT2D eigenvalue weighted by atomic mass is 19.1. The van der Waals surface area contributed by atoms with Crippen LogP contribution < -0.4 is 14.2 Å². The molecule has 1 aromatic heterocycles. The highest BCUT2D eigenvalue weighted by Crippen LogP contribution is 2.45. The molecule has 2 fully saturated rings. The average molecular weight is 496 g/mol. The zero-order valence-corrected chi connectivity index (χ0v) is 20.5. The van der Waals surface area contributed by atoms with Gasteiger partial charge in [0.25, 0.3) is 0 Å². The van der Waals surface area contributed by atoms with Crippen molar-refractivity contribution in [2.75, 3.05) is 14.2 Å². The van der Waals surface area contributed by atoms with Gasteiger partial charge in [-0.1, -0.05) is 17.3 Å². The lowest BCUT2D eigenvalue weighted by Crippen LogP contribution is -2.25. The Hall–Kier alpha value is -3.55. The Kier molecular flexibility index (Phi) is 7.11. The first kappa shape index (κ1) is 24.2. The molecule has 2 saturated carbocycles. The molecule has 3 aromatic rings. The van der Waals surface area contributed by atoms with Gasteiger partial charge in [0.15, 0.2) is 11.4 Å². The van der Waals surface area contributed by atoms with Crippen LogP contribution in [0, 0.1) is 11.7 Å². The Morgan fingerprint density at radius 2 is 1.94 bits per heavy atom. The number of carbonyl (C=O) groups excluding carboxylic acids is 1. The number of carbonyl (C=O) groups is 1. The van der Waals surface area contributed by atoms with Crippen LogP contribution in [-0.2, 0) is 16.1 Å². The maximum absolute atomic E-state index is 14.7. The number of aromatic nitrogens is 1. The Morgan fingerprint density at radius 1 is 1.11 bits per heavy atom. The summed E-state index contributed by atoms with van der Waals surface area (Å²) in [5, 5.41) is 4.17. The molecule has 1 unspecified atom stereocenters. The molecule has 0 bridgehead atoms. The van der Waals surface area contributed by atoms with Gasteiger partial charge in [-0.05, 0) is 79.8 Å². The minimum atomic E-state index is -0.456. The van der Waals surface area contributed by atoms with Crippen LogP contribution in [0.5, 0.6) is 17.2 Å². The van der Waals surface area contributed by atoms with Gasteiger partial charge in [0, 0.05) is 0 Å². The second kappa shape index (κ2) is 10.6. The lowest BCUT2D eigenvalue weighted by molar-refractivity contribution is -0.141. The van der Waals surface area contributed by atoms with E-state index in [1.54, 1.807) is 12.1 Å². The van der Waals surface area contributed by atoms with Crippen LogP contribution in [-0.4, -0.2) is 31.4 Å². The standard InChI is InChI=1S/C28H30FNO6/c1-32-20-11-12-24(29)23(14-20)27-28(35-19-6-4-7-19)25(30-36-27)16-34-21-8-3-5-18(13-21)22(17-9-10-17)15-26(31)33-2/h3,5,8,11-14,17,19,22H,4,6-7,9-10,15-16H2,1-2H3. The topological polar surface area (TPSA) is 80.0 Å². The Labute approximate surface area is 209 Å². The van der Waals surface area contributed by atoms with Crippen LogP contribution in [0.4, 0.5) is 4.39 Å². The van der Waals surface area contributed by atoms with Crippen LogP contribution in [0.15, 0.2) is 47.0 Å². The van der Waals surface area contributed by atoms with Gasteiger partial charge in [-0.25, -0.2) is 4.39 Å². The van der Waals surface area contributed by atoms with E-state index in [-0.39, 0.29) is 35.9 Å². The van der Waals surface area contributed by atoms with E-state index >= 15 is 0 Å². The van der Waals surface area contributed by atoms with Crippen molar-refractivity contribution in [3.63, 3.8) is 0 Å². The lowest BCUT2D eigenvalue weighted by Gasteiger charge is -2.26. The third kappa shape index (κ3) is 5.32. The second-order valence-electron chi connectivity index (χ2n) is 9.39. The number of methoxy groups -OCH3 is 2. The predicted octanol–water partition coefficient (Wildman–Crippen LogP) is 6.06. The molecule has 5 rings (SSSR count). The van der Waals surface area contributed by atoms with Crippen molar-refractivity contribution < 1.29 is 32.7 Å². The highest BCUT2D eigenvalue weighted by Gasteiger charge is 2.34. The summed E-state index contributed by atoms with van der Waals surface area (Å²) in [7, 11) is 2.94. The van der Waals surface area contributed by atoms with Gasteiger partial charge < -0.3 is 23.5 Å². The molecule has 1 heterocycles. The minimum absolute atomic E-state index is 0.0384. The minimum Gasteiger partial charge on any atom is -0.497 e. The molecule has 0 radical (unpaired) electrons. The third-order valence-corrected chi connectivity index (χ3v) is 6.94. The van der Waals surface area contributed by atoms with E-state index < -0.39 is 5.82 Å². The van der Waals surface area contributed by atoms with Gasteiger partial charge in [0.05, 0.1) is 32.3 Å². The molecule has 2 aromatic carbocycles. The molecule has 1 atom stereocenters. The Balaban J connectivity index is 1.37. The van der Waals surface area contributed by atoms with Gasteiger partial charge in [-0.15, -0.1) is 0 Å². The molecule has 0 N–H and O–H groups in total. The number of hydrogen-bond acceptors (Lipinski definition) is 7. The molecule has 2 aliphatic rings. The predicted molar refractivity (Wildman–Crippen MR) is 130 cm³/mol. The van der Waals surface area contributed by atoms with Crippen molar-refractivity contribution >= 4 is 5.97 Å². The maximum atomic E-state index is 14.7. The Bertz CT molecular complexity index is 1220. The summed E-state index contributed by atoms with van der Waals surface area (Å²) in [5.74, 6) is 1.69. The molecule has 0 aliphatic heterocycles. The summed E-state index contributed by atoms with van der Waals surface area (Å²) < 4.78 is 42.7. The summed E-state index contributed by atoms with van der Waals surface area (Å²) in [5.41, 5.74) is 1.72. The first-order valence-electron chi connectivity index (χ1n) is 12.3. The summed E-state index contributed by atoms with van der Waals surface area (Å²) in [6.07, 6.45) is 5.55. The largest absolute Gasteiger partial charge is 0.497 e. The number of halogens is 1. The molecule has 0 spiro atoms. The van der Waals surface area contributed by atoms with Gasteiger partial charge in [-0.2, -0.15) is 0 Å². The number of esters is 1. The van der Waals surface area contributed by atoms with Crippen molar-refractivity contribution in [3.05, 3.63) is 59.5 Å². The molecule has 0 amide bonds. The molecule has 8 heteroatoms. The van der Waals surface area contributed by atoms with E-state index in [1.165, 1.54) is 20.3 Å². The number of ether oxygens (including phenoxy) is 4. The maximum Gasteiger partial charge on any atom is 0.306 e.